The Hall–Kier alpha value is -3.27. The Morgan fingerprint density at radius 1 is 0.913 bits per heavy atom. The first-order valence-corrected chi connectivity index (χ1v) is 7.31. The third-order valence-corrected chi connectivity index (χ3v) is 3.92. The highest BCUT2D eigenvalue weighted by atomic mass is 16.3. The largest absolute Gasteiger partial charge is 0.508 e. The van der Waals surface area contributed by atoms with Crippen LogP contribution in [0.4, 0.5) is 0 Å². The number of phenolic OH excluding ortho intramolecular Hbond substituents is 1. The molecule has 0 saturated carbocycles. The minimum Gasteiger partial charge on any atom is -0.508 e. The van der Waals surface area contributed by atoms with Gasteiger partial charge in [-0.1, -0.05) is 30.3 Å². The molecule has 0 amide bonds. The molecule has 0 fully saturated rings. The van der Waals surface area contributed by atoms with Crippen LogP contribution in [0, 0.1) is 0 Å². The summed E-state index contributed by atoms with van der Waals surface area (Å²) >= 11 is 0. The quantitative estimate of drug-likeness (QED) is 0.593. The normalized spacial score (nSPS) is 11.0. The molecule has 0 aliphatic rings. The van der Waals surface area contributed by atoms with Crippen LogP contribution in [0.25, 0.3) is 27.8 Å². The van der Waals surface area contributed by atoms with Gasteiger partial charge in [0.2, 0.25) is 0 Å². The number of fused-ring (bicyclic) bond motifs is 1. The number of hydrogen-bond donors (Lipinski definition) is 2. The molecule has 0 aliphatic heterocycles. The number of pyridine rings is 1. The van der Waals surface area contributed by atoms with Gasteiger partial charge in [0.1, 0.15) is 11.4 Å². The molecule has 0 spiro atoms. The van der Waals surface area contributed by atoms with Gasteiger partial charge in [-0.2, -0.15) is 0 Å². The molecule has 4 aromatic rings. The smallest absolute Gasteiger partial charge is 0.191 e. The third-order valence-electron chi connectivity index (χ3n) is 3.92. The van der Waals surface area contributed by atoms with Gasteiger partial charge in [0.25, 0.3) is 0 Å². The fourth-order valence-electron chi connectivity index (χ4n) is 2.83. The third kappa shape index (κ3) is 2.21. The fourth-order valence-corrected chi connectivity index (χ4v) is 2.83. The van der Waals surface area contributed by atoms with Crippen LogP contribution in [0.3, 0.4) is 0 Å². The second kappa shape index (κ2) is 5.18. The molecule has 2 N–H and O–H groups in total. The number of rotatable bonds is 2. The van der Waals surface area contributed by atoms with Crippen LogP contribution in [0.2, 0.25) is 0 Å². The summed E-state index contributed by atoms with van der Waals surface area (Å²) in [7, 11) is 0. The van der Waals surface area contributed by atoms with Crippen molar-refractivity contribution in [1.82, 2.24) is 9.55 Å². The van der Waals surface area contributed by atoms with Gasteiger partial charge >= 0.3 is 0 Å². The van der Waals surface area contributed by atoms with Crippen LogP contribution >= 0.6 is 0 Å². The van der Waals surface area contributed by atoms with Crippen molar-refractivity contribution in [3.05, 3.63) is 83.3 Å². The molecule has 4 nitrogen and oxygen atoms in total. The Bertz CT molecular complexity index is 1030. The zero-order valence-electron chi connectivity index (χ0n) is 12.2. The number of aromatic nitrogens is 2. The first-order chi connectivity index (χ1) is 11.2. The SMILES string of the molecule is O=c1cc[nH]c2c1c(-c1ccc(O)cc1)cn2-c1ccccc1. The lowest BCUT2D eigenvalue weighted by Gasteiger charge is -2.03. The molecule has 0 aliphatic carbocycles. The number of nitrogens with zero attached hydrogens (tertiary/aromatic N) is 1. The zero-order valence-corrected chi connectivity index (χ0v) is 12.2. The molecule has 0 radical (unpaired) electrons. The Balaban J connectivity index is 2.06. The molecule has 23 heavy (non-hydrogen) atoms. The average Bonchev–Trinajstić information content (AvgIpc) is 2.97. The maximum absolute atomic E-state index is 12.4. The van der Waals surface area contributed by atoms with Gasteiger partial charge in [0.05, 0.1) is 5.39 Å². The number of hydrogen-bond acceptors (Lipinski definition) is 2. The molecular formula is C19H14N2O2. The van der Waals surface area contributed by atoms with Crippen LogP contribution < -0.4 is 5.43 Å². The van der Waals surface area contributed by atoms with E-state index >= 15 is 0 Å². The molecule has 0 unspecified atom stereocenters. The number of H-pyrrole nitrogens is 1. The average molecular weight is 302 g/mol. The minimum atomic E-state index is -0.0310. The monoisotopic (exact) mass is 302 g/mol. The predicted molar refractivity (Wildman–Crippen MR) is 91.0 cm³/mol. The lowest BCUT2D eigenvalue weighted by atomic mass is 10.1. The van der Waals surface area contributed by atoms with Gasteiger partial charge in [-0.25, -0.2) is 0 Å². The van der Waals surface area contributed by atoms with Gasteiger partial charge in [-0.3, -0.25) is 4.79 Å². The molecule has 112 valence electrons. The standard InChI is InChI=1S/C19H14N2O2/c22-15-8-6-13(7-9-15)16-12-21(14-4-2-1-3-5-14)19-18(16)17(23)10-11-20-19/h1-12,22H,(H,20,23). The molecule has 4 rings (SSSR count). The maximum atomic E-state index is 12.4. The summed E-state index contributed by atoms with van der Waals surface area (Å²) in [5.41, 5.74) is 3.43. The van der Waals surface area contributed by atoms with Crippen molar-refractivity contribution in [3.8, 4) is 22.6 Å². The summed E-state index contributed by atoms with van der Waals surface area (Å²) in [5, 5.41) is 10.1. The van der Waals surface area contributed by atoms with E-state index in [1.807, 2.05) is 53.2 Å². The lowest BCUT2D eigenvalue weighted by molar-refractivity contribution is 0.475. The van der Waals surface area contributed by atoms with Crippen molar-refractivity contribution >= 4 is 11.0 Å². The fraction of sp³-hybridized carbons (Fsp3) is 0. The van der Waals surface area contributed by atoms with Crippen LogP contribution in [0.5, 0.6) is 5.75 Å². The Kier molecular flexibility index (Phi) is 3.01. The topological polar surface area (TPSA) is 58.0 Å². The van der Waals surface area contributed by atoms with E-state index in [1.165, 1.54) is 6.07 Å². The molecule has 0 atom stereocenters. The molecule has 0 bridgehead atoms. The molecule has 0 saturated heterocycles. The summed E-state index contributed by atoms with van der Waals surface area (Å²) in [5.74, 6) is 0.203. The molecular weight excluding hydrogens is 288 g/mol. The van der Waals surface area contributed by atoms with Crippen LogP contribution in [-0.4, -0.2) is 14.7 Å². The van der Waals surface area contributed by atoms with E-state index < -0.39 is 0 Å². The molecule has 4 heteroatoms. The first-order valence-electron chi connectivity index (χ1n) is 7.31. The Morgan fingerprint density at radius 2 is 1.65 bits per heavy atom. The minimum absolute atomic E-state index is 0.0310. The molecule has 2 aromatic carbocycles. The summed E-state index contributed by atoms with van der Waals surface area (Å²) < 4.78 is 1.97. The van der Waals surface area contributed by atoms with E-state index in [0.29, 0.717) is 5.39 Å². The summed E-state index contributed by atoms with van der Waals surface area (Å²) in [6.07, 6.45) is 3.61. The zero-order chi connectivity index (χ0) is 15.8. The van der Waals surface area contributed by atoms with Gasteiger partial charge < -0.3 is 14.7 Å². The van der Waals surface area contributed by atoms with Crippen molar-refractivity contribution in [1.29, 1.82) is 0 Å². The van der Waals surface area contributed by atoms with Gasteiger partial charge in [0, 0.05) is 29.7 Å². The maximum Gasteiger partial charge on any atom is 0.191 e. The highest BCUT2D eigenvalue weighted by Crippen LogP contribution is 2.30. The number of nitrogens with one attached hydrogen (secondary N) is 1. The highest BCUT2D eigenvalue weighted by Gasteiger charge is 2.14. The first kappa shape index (κ1) is 13.4. The number of phenols is 1. The Labute approximate surface area is 132 Å². The van der Waals surface area contributed by atoms with E-state index in [2.05, 4.69) is 4.98 Å². The predicted octanol–water partition coefficient (Wildman–Crippen LogP) is 3.69. The van der Waals surface area contributed by atoms with Crippen LogP contribution in [-0.2, 0) is 0 Å². The number of benzene rings is 2. The van der Waals surface area contributed by atoms with Crippen LogP contribution in [0.15, 0.2) is 77.9 Å². The van der Waals surface area contributed by atoms with Crippen molar-refractivity contribution in [3.63, 3.8) is 0 Å². The van der Waals surface area contributed by atoms with E-state index in [4.69, 9.17) is 0 Å². The highest BCUT2D eigenvalue weighted by molar-refractivity contribution is 5.95. The van der Waals surface area contributed by atoms with Gasteiger partial charge in [0.15, 0.2) is 5.43 Å². The second-order valence-electron chi connectivity index (χ2n) is 5.36. The second-order valence-corrected chi connectivity index (χ2v) is 5.36. The van der Waals surface area contributed by atoms with E-state index in [1.54, 1.807) is 18.3 Å². The molecule has 2 heterocycles. The van der Waals surface area contributed by atoms with E-state index in [0.717, 1.165) is 22.5 Å². The van der Waals surface area contributed by atoms with Gasteiger partial charge in [-0.05, 0) is 29.8 Å². The van der Waals surface area contributed by atoms with E-state index in [-0.39, 0.29) is 11.2 Å². The number of aromatic hydroxyl groups is 1. The molecule has 2 aromatic heterocycles. The van der Waals surface area contributed by atoms with Crippen molar-refractivity contribution in [2.24, 2.45) is 0 Å². The summed E-state index contributed by atoms with van der Waals surface area (Å²) in [4.78, 5) is 15.6. The Morgan fingerprint density at radius 3 is 2.39 bits per heavy atom. The van der Waals surface area contributed by atoms with Crippen molar-refractivity contribution in [2.75, 3.05) is 0 Å². The van der Waals surface area contributed by atoms with Crippen molar-refractivity contribution in [2.45, 2.75) is 0 Å². The van der Waals surface area contributed by atoms with Gasteiger partial charge in [-0.15, -0.1) is 0 Å². The lowest BCUT2D eigenvalue weighted by Crippen LogP contribution is -2.01. The summed E-state index contributed by atoms with van der Waals surface area (Å²) in [6.45, 7) is 0. The van der Waals surface area contributed by atoms with Crippen molar-refractivity contribution < 1.29 is 5.11 Å². The number of aromatic amines is 1. The van der Waals surface area contributed by atoms with E-state index in [9.17, 15) is 9.90 Å². The van der Waals surface area contributed by atoms with Crippen LogP contribution in [0.1, 0.15) is 0 Å². The summed E-state index contributed by atoms with van der Waals surface area (Å²) in [6, 6.07) is 18.3. The number of para-hydroxylation sites is 1.